The molecule has 0 bridgehead atoms. The predicted octanol–water partition coefficient (Wildman–Crippen LogP) is 2.79. The normalized spacial score (nSPS) is 12.9. The lowest BCUT2D eigenvalue weighted by atomic mass is 10.3. The standard InChI is InChI=1S/C10H13F2NS/c1-7(4-5-13)14-10-3-2-8(11)6-9(10)12/h2-3,6-7H,4-5,13H2,1H3. The first-order valence-electron chi connectivity index (χ1n) is 4.45. The van der Waals surface area contributed by atoms with Gasteiger partial charge in [0.2, 0.25) is 0 Å². The Hall–Kier alpha value is -0.610. The first-order chi connectivity index (χ1) is 6.63. The van der Waals surface area contributed by atoms with Crippen LogP contribution in [0.3, 0.4) is 0 Å². The molecule has 0 heterocycles. The summed E-state index contributed by atoms with van der Waals surface area (Å²) in [6, 6.07) is 3.63. The van der Waals surface area contributed by atoms with Gasteiger partial charge in [0.15, 0.2) is 0 Å². The molecule has 78 valence electrons. The Morgan fingerprint density at radius 2 is 2.14 bits per heavy atom. The number of benzene rings is 1. The van der Waals surface area contributed by atoms with Crippen molar-refractivity contribution in [1.82, 2.24) is 0 Å². The second kappa shape index (κ2) is 5.32. The molecule has 1 unspecified atom stereocenters. The molecule has 1 aromatic rings. The van der Waals surface area contributed by atoms with E-state index in [1.165, 1.54) is 23.9 Å². The quantitative estimate of drug-likeness (QED) is 0.785. The van der Waals surface area contributed by atoms with Crippen LogP contribution >= 0.6 is 11.8 Å². The van der Waals surface area contributed by atoms with E-state index in [2.05, 4.69) is 0 Å². The zero-order chi connectivity index (χ0) is 10.6. The fourth-order valence-electron chi connectivity index (χ4n) is 1.08. The van der Waals surface area contributed by atoms with Crippen LogP contribution in [0.1, 0.15) is 13.3 Å². The molecule has 1 aromatic carbocycles. The molecule has 0 aliphatic carbocycles. The molecular weight excluding hydrogens is 204 g/mol. The first kappa shape index (κ1) is 11.5. The highest BCUT2D eigenvalue weighted by Gasteiger charge is 2.08. The summed E-state index contributed by atoms with van der Waals surface area (Å²) in [6.45, 7) is 2.55. The van der Waals surface area contributed by atoms with Gasteiger partial charge in [0.1, 0.15) is 11.6 Å². The Labute approximate surface area is 86.7 Å². The fourth-order valence-corrected chi connectivity index (χ4v) is 2.09. The van der Waals surface area contributed by atoms with Crippen LogP contribution in [0.25, 0.3) is 0 Å². The lowest BCUT2D eigenvalue weighted by molar-refractivity contribution is 0.565. The Morgan fingerprint density at radius 1 is 1.43 bits per heavy atom. The highest BCUT2D eigenvalue weighted by molar-refractivity contribution is 7.99. The molecule has 0 amide bonds. The Morgan fingerprint density at radius 3 is 2.71 bits per heavy atom. The number of nitrogens with two attached hydrogens (primary N) is 1. The maximum Gasteiger partial charge on any atom is 0.139 e. The number of thioether (sulfide) groups is 1. The Balaban J connectivity index is 2.67. The highest BCUT2D eigenvalue weighted by atomic mass is 32.2. The molecule has 0 saturated carbocycles. The summed E-state index contributed by atoms with van der Waals surface area (Å²) >= 11 is 1.38. The van der Waals surface area contributed by atoms with Crippen molar-refractivity contribution in [3.63, 3.8) is 0 Å². The largest absolute Gasteiger partial charge is 0.330 e. The van der Waals surface area contributed by atoms with E-state index in [4.69, 9.17) is 5.73 Å². The molecule has 1 atom stereocenters. The predicted molar refractivity (Wildman–Crippen MR) is 55.3 cm³/mol. The van der Waals surface area contributed by atoms with Crippen molar-refractivity contribution in [3.05, 3.63) is 29.8 Å². The van der Waals surface area contributed by atoms with Crippen molar-refractivity contribution in [1.29, 1.82) is 0 Å². The summed E-state index contributed by atoms with van der Waals surface area (Å²) in [5, 5.41) is 0.250. The molecule has 0 fully saturated rings. The third-order valence-electron chi connectivity index (χ3n) is 1.80. The van der Waals surface area contributed by atoms with E-state index >= 15 is 0 Å². The smallest absolute Gasteiger partial charge is 0.139 e. The van der Waals surface area contributed by atoms with E-state index in [1.54, 1.807) is 0 Å². The molecule has 0 radical (unpaired) electrons. The van der Waals surface area contributed by atoms with Crippen LogP contribution in [0.5, 0.6) is 0 Å². The van der Waals surface area contributed by atoms with Gasteiger partial charge >= 0.3 is 0 Å². The van der Waals surface area contributed by atoms with Gasteiger partial charge < -0.3 is 5.73 Å². The average molecular weight is 217 g/mol. The van der Waals surface area contributed by atoms with E-state index in [0.717, 1.165) is 12.5 Å². The molecule has 0 spiro atoms. The SMILES string of the molecule is CC(CCN)Sc1ccc(F)cc1F. The number of rotatable bonds is 4. The van der Waals surface area contributed by atoms with Crippen molar-refractivity contribution in [2.75, 3.05) is 6.54 Å². The molecule has 0 aromatic heterocycles. The van der Waals surface area contributed by atoms with E-state index in [9.17, 15) is 8.78 Å². The van der Waals surface area contributed by atoms with Crippen molar-refractivity contribution in [2.24, 2.45) is 5.73 Å². The van der Waals surface area contributed by atoms with Gasteiger partial charge in [0, 0.05) is 16.2 Å². The van der Waals surface area contributed by atoms with Gasteiger partial charge in [-0.2, -0.15) is 0 Å². The monoisotopic (exact) mass is 217 g/mol. The lowest BCUT2D eigenvalue weighted by Gasteiger charge is -2.09. The summed E-state index contributed by atoms with van der Waals surface area (Å²) in [5.74, 6) is -1.04. The van der Waals surface area contributed by atoms with Crippen LogP contribution in [0.4, 0.5) is 8.78 Å². The summed E-state index contributed by atoms with van der Waals surface area (Å²) in [6.07, 6.45) is 0.821. The number of halogens is 2. The molecule has 1 rings (SSSR count). The van der Waals surface area contributed by atoms with Crippen LogP contribution in [0, 0.1) is 11.6 Å². The van der Waals surface area contributed by atoms with Crippen LogP contribution in [0.15, 0.2) is 23.1 Å². The third kappa shape index (κ3) is 3.27. The van der Waals surface area contributed by atoms with E-state index in [0.29, 0.717) is 11.4 Å². The summed E-state index contributed by atoms with van der Waals surface area (Å²) in [5.41, 5.74) is 5.38. The maximum absolute atomic E-state index is 13.2. The Bertz CT molecular complexity index is 304. The molecule has 1 nitrogen and oxygen atoms in total. The molecule has 2 N–H and O–H groups in total. The minimum atomic E-state index is -0.543. The molecule has 14 heavy (non-hydrogen) atoms. The van der Waals surface area contributed by atoms with Crippen molar-refractivity contribution < 1.29 is 8.78 Å². The zero-order valence-corrected chi connectivity index (χ0v) is 8.78. The summed E-state index contributed by atoms with van der Waals surface area (Å²) in [7, 11) is 0. The van der Waals surface area contributed by atoms with Gasteiger partial charge in [0.05, 0.1) is 0 Å². The van der Waals surface area contributed by atoms with E-state index in [-0.39, 0.29) is 5.25 Å². The van der Waals surface area contributed by atoms with Crippen molar-refractivity contribution in [3.8, 4) is 0 Å². The minimum absolute atomic E-state index is 0.250. The van der Waals surface area contributed by atoms with Gasteiger partial charge in [-0.05, 0) is 25.1 Å². The average Bonchev–Trinajstić information content (AvgIpc) is 2.10. The van der Waals surface area contributed by atoms with Crippen LogP contribution in [-0.2, 0) is 0 Å². The first-order valence-corrected chi connectivity index (χ1v) is 5.33. The highest BCUT2D eigenvalue weighted by Crippen LogP contribution is 2.27. The van der Waals surface area contributed by atoms with Crippen LogP contribution in [-0.4, -0.2) is 11.8 Å². The van der Waals surface area contributed by atoms with E-state index < -0.39 is 11.6 Å². The second-order valence-corrected chi connectivity index (χ2v) is 4.56. The van der Waals surface area contributed by atoms with Gasteiger partial charge in [-0.3, -0.25) is 0 Å². The van der Waals surface area contributed by atoms with Crippen LogP contribution < -0.4 is 5.73 Å². The summed E-state index contributed by atoms with van der Waals surface area (Å²) in [4.78, 5) is 0.479. The maximum atomic E-state index is 13.2. The third-order valence-corrected chi connectivity index (χ3v) is 3.02. The van der Waals surface area contributed by atoms with Crippen LogP contribution in [0.2, 0.25) is 0 Å². The molecule has 0 aliphatic heterocycles. The molecular formula is C10H13F2NS. The fraction of sp³-hybridized carbons (Fsp3) is 0.400. The Kier molecular flexibility index (Phi) is 4.35. The molecule has 0 saturated heterocycles. The number of hydrogen-bond acceptors (Lipinski definition) is 2. The number of hydrogen-bond donors (Lipinski definition) is 1. The topological polar surface area (TPSA) is 26.0 Å². The lowest BCUT2D eigenvalue weighted by Crippen LogP contribution is -2.07. The second-order valence-electron chi connectivity index (χ2n) is 3.08. The van der Waals surface area contributed by atoms with Gasteiger partial charge in [-0.1, -0.05) is 6.92 Å². The zero-order valence-electron chi connectivity index (χ0n) is 7.97. The molecule has 4 heteroatoms. The minimum Gasteiger partial charge on any atom is -0.330 e. The molecule has 0 aliphatic rings. The van der Waals surface area contributed by atoms with Gasteiger partial charge in [-0.15, -0.1) is 11.8 Å². The summed E-state index contributed by atoms with van der Waals surface area (Å²) < 4.78 is 25.7. The van der Waals surface area contributed by atoms with Crippen molar-refractivity contribution >= 4 is 11.8 Å². The van der Waals surface area contributed by atoms with Crippen molar-refractivity contribution in [2.45, 2.75) is 23.5 Å². The van der Waals surface area contributed by atoms with E-state index in [1.807, 2.05) is 6.92 Å². The van der Waals surface area contributed by atoms with Gasteiger partial charge in [0.25, 0.3) is 0 Å². The van der Waals surface area contributed by atoms with Gasteiger partial charge in [-0.25, -0.2) is 8.78 Å².